The molecule has 0 aliphatic rings. The molecule has 0 atom stereocenters. The summed E-state index contributed by atoms with van der Waals surface area (Å²) in [5.74, 6) is 0. The smallest absolute Gasteiger partial charge is 0.115 e. The van der Waals surface area contributed by atoms with Gasteiger partial charge in [-0.1, -0.05) is 47.3 Å². The monoisotopic (exact) mass is 372 g/mol. The van der Waals surface area contributed by atoms with E-state index in [-0.39, 0.29) is 0 Å². The Hall–Kier alpha value is -3.26. The first-order valence-electron chi connectivity index (χ1n) is 9.72. The predicted octanol–water partition coefficient (Wildman–Crippen LogP) is 1.59. The molecule has 4 aromatic carbocycles. The molecule has 0 saturated carbocycles. The lowest BCUT2D eigenvalue weighted by atomic mass is 9.65. The van der Waals surface area contributed by atoms with Crippen LogP contribution in [0.4, 0.5) is 0 Å². The largest absolute Gasteiger partial charge is 0.355 e. The van der Waals surface area contributed by atoms with Crippen LogP contribution in [0, 0.1) is 0 Å². The van der Waals surface area contributed by atoms with Gasteiger partial charge in [0, 0.05) is 38.4 Å². The van der Waals surface area contributed by atoms with Gasteiger partial charge in [0.15, 0.2) is 0 Å². The maximum Gasteiger partial charge on any atom is 0.115 e. The summed E-state index contributed by atoms with van der Waals surface area (Å²) in [5.41, 5.74) is 6.48. The Bertz CT molecular complexity index is 1640. The lowest BCUT2D eigenvalue weighted by molar-refractivity contribution is 1.19. The van der Waals surface area contributed by atoms with E-state index >= 15 is 0 Å². The molecule has 0 fully saturated rings. The van der Waals surface area contributed by atoms with Crippen molar-refractivity contribution in [3.8, 4) is 5.69 Å². The highest BCUT2D eigenvalue weighted by molar-refractivity contribution is 6.67. The fourth-order valence-corrected chi connectivity index (χ4v) is 4.56. The van der Waals surface area contributed by atoms with E-state index in [4.69, 9.17) is 31.4 Å². The van der Waals surface area contributed by atoms with Crippen LogP contribution in [0.2, 0.25) is 0 Å². The average molecular weight is 372 g/mol. The second-order valence-corrected chi connectivity index (χ2v) is 7.63. The summed E-state index contributed by atoms with van der Waals surface area (Å²) in [5, 5.41) is 4.13. The molecule has 0 saturated heterocycles. The van der Waals surface area contributed by atoms with E-state index in [1.807, 2.05) is 30.3 Å². The summed E-state index contributed by atoms with van der Waals surface area (Å²) < 4.78 is 2.12. The van der Waals surface area contributed by atoms with Crippen LogP contribution in [0.1, 0.15) is 0 Å². The first-order chi connectivity index (χ1) is 14.6. The molecule has 30 heavy (non-hydrogen) atoms. The molecule has 1 N–H and O–H groups in total. The summed E-state index contributed by atoms with van der Waals surface area (Å²) in [6.45, 7) is 0. The molecule has 0 spiro atoms. The maximum atomic E-state index is 6.49. The fourth-order valence-electron chi connectivity index (χ4n) is 4.56. The average Bonchev–Trinajstić information content (AvgIpc) is 3.31. The minimum absolute atomic E-state index is 0.317. The highest BCUT2D eigenvalue weighted by Gasteiger charge is 2.18. The van der Waals surface area contributed by atoms with Gasteiger partial charge in [0.1, 0.15) is 31.4 Å². The second-order valence-electron chi connectivity index (χ2n) is 7.63. The molecule has 6 aromatic rings. The van der Waals surface area contributed by atoms with E-state index in [0.717, 1.165) is 43.9 Å². The number of H-pyrrole nitrogens is 1. The molecule has 0 aliphatic heterocycles. The lowest BCUT2D eigenvalue weighted by Gasteiger charge is -2.16. The molecular weight excluding hydrogens is 360 g/mol. The summed E-state index contributed by atoms with van der Waals surface area (Å²) in [6.07, 6.45) is 0. The third kappa shape index (κ3) is 2.19. The van der Waals surface area contributed by atoms with Gasteiger partial charge in [0.05, 0.1) is 5.52 Å². The van der Waals surface area contributed by atoms with Gasteiger partial charge in [0.2, 0.25) is 0 Å². The van der Waals surface area contributed by atoms with Crippen molar-refractivity contribution in [1.82, 2.24) is 9.55 Å². The molecule has 6 rings (SSSR count). The van der Waals surface area contributed by atoms with Gasteiger partial charge in [-0.3, -0.25) is 0 Å². The highest BCUT2D eigenvalue weighted by atomic mass is 15.0. The summed E-state index contributed by atoms with van der Waals surface area (Å²) >= 11 is 0. The van der Waals surface area contributed by atoms with E-state index < -0.39 is 0 Å². The Labute approximate surface area is 178 Å². The van der Waals surface area contributed by atoms with Crippen LogP contribution < -0.4 is 21.9 Å². The molecule has 2 aromatic heterocycles. The van der Waals surface area contributed by atoms with Gasteiger partial charge in [-0.15, -0.1) is 10.9 Å². The van der Waals surface area contributed by atoms with Gasteiger partial charge in [-0.25, -0.2) is 0 Å². The number of nitrogens with zero attached hydrogens (tertiary/aromatic N) is 1. The van der Waals surface area contributed by atoms with Crippen LogP contribution in [0.3, 0.4) is 0 Å². The standard InChI is InChI=1S/C24H12B4N2/c25-20-19-14-6-2-4-8-18(14)30(24(19)23(28)22(27)21(20)26)12-9-10-17-15(11-12)13-5-1-3-7-16(13)29-17/h1-11,29H. The van der Waals surface area contributed by atoms with Crippen molar-refractivity contribution in [1.29, 1.82) is 0 Å². The van der Waals surface area contributed by atoms with Crippen LogP contribution in [-0.2, 0) is 0 Å². The molecule has 130 valence electrons. The summed E-state index contributed by atoms with van der Waals surface area (Å²) in [4.78, 5) is 3.47. The minimum Gasteiger partial charge on any atom is -0.355 e. The zero-order valence-electron chi connectivity index (χ0n) is 16.1. The van der Waals surface area contributed by atoms with E-state index in [2.05, 4.69) is 45.9 Å². The Balaban J connectivity index is 1.81. The number of aromatic amines is 1. The molecule has 0 aliphatic carbocycles. The SMILES string of the molecule is [B]c1c([B])c([B])c2c(c1[B])c1ccccc1n2-c1ccc2[nH]c3ccccc3c2c1. The zero-order valence-corrected chi connectivity index (χ0v) is 16.1. The Morgan fingerprint density at radius 2 is 1.27 bits per heavy atom. The van der Waals surface area contributed by atoms with Crippen molar-refractivity contribution in [3.05, 3.63) is 66.7 Å². The quantitative estimate of drug-likeness (QED) is 0.424. The van der Waals surface area contributed by atoms with Crippen molar-refractivity contribution >= 4 is 96.8 Å². The second kappa shape index (κ2) is 6.12. The van der Waals surface area contributed by atoms with E-state index in [9.17, 15) is 0 Å². The molecule has 2 nitrogen and oxygen atoms in total. The molecule has 0 amide bonds. The van der Waals surface area contributed by atoms with Crippen molar-refractivity contribution in [2.24, 2.45) is 0 Å². The van der Waals surface area contributed by atoms with Gasteiger partial charge in [-0.2, -0.15) is 0 Å². The Morgan fingerprint density at radius 3 is 2.10 bits per heavy atom. The Morgan fingerprint density at radius 1 is 0.600 bits per heavy atom. The number of para-hydroxylation sites is 2. The number of rotatable bonds is 1. The number of fused-ring (bicyclic) bond motifs is 6. The van der Waals surface area contributed by atoms with Crippen molar-refractivity contribution < 1.29 is 0 Å². The molecule has 2 heterocycles. The maximum absolute atomic E-state index is 6.49. The van der Waals surface area contributed by atoms with Gasteiger partial charge in [0.25, 0.3) is 0 Å². The van der Waals surface area contributed by atoms with E-state index in [0.29, 0.717) is 21.9 Å². The summed E-state index contributed by atoms with van der Waals surface area (Å²) in [7, 11) is 25.3. The van der Waals surface area contributed by atoms with Gasteiger partial charge in [-0.05, 0) is 35.7 Å². The molecule has 8 radical (unpaired) electrons. The van der Waals surface area contributed by atoms with Crippen LogP contribution in [0.25, 0.3) is 49.3 Å². The molecular formula is C24H12B4N2. The Kier molecular flexibility index (Phi) is 3.59. The first-order valence-corrected chi connectivity index (χ1v) is 9.72. The number of aromatic nitrogens is 2. The topological polar surface area (TPSA) is 20.7 Å². The van der Waals surface area contributed by atoms with Crippen LogP contribution in [0.5, 0.6) is 0 Å². The highest BCUT2D eigenvalue weighted by Crippen LogP contribution is 2.32. The lowest BCUT2D eigenvalue weighted by Crippen LogP contribution is -2.48. The van der Waals surface area contributed by atoms with E-state index in [1.165, 1.54) is 5.39 Å². The predicted molar refractivity (Wildman–Crippen MR) is 132 cm³/mol. The van der Waals surface area contributed by atoms with Gasteiger partial charge >= 0.3 is 0 Å². The third-order valence-electron chi connectivity index (χ3n) is 6.02. The molecule has 0 unspecified atom stereocenters. The van der Waals surface area contributed by atoms with Crippen LogP contribution in [0.15, 0.2) is 66.7 Å². The van der Waals surface area contributed by atoms with E-state index in [1.54, 1.807) is 0 Å². The summed E-state index contributed by atoms with van der Waals surface area (Å²) in [6, 6.07) is 22.7. The molecule has 6 heteroatoms. The number of nitrogens with one attached hydrogen (secondary N) is 1. The van der Waals surface area contributed by atoms with Crippen molar-refractivity contribution in [2.45, 2.75) is 0 Å². The molecule has 0 bridgehead atoms. The van der Waals surface area contributed by atoms with Crippen LogP contribution >= 0.6 is 0 Å². The van der Waals surface area contributed by atoms with Crippen LogP contribution in [-0.4, -0.2) is 40.9 Å². The number of benzene rings is 4. The fraction of sp³-hybridized carbons (Fsp3) is 0. The third-order valence-corrected chi connectivity index (χ3v) is 6.02. The zero-order chi connectivity index (χ0) is 20.6. The number of hydrogen-bond donors (Lipinski definition) is 1. The van der Waals surface area contributed by atoms with Crippen molar-refractivity contribution in [3.63, 3.8) is 0 Å². The minimum atomic E-state index is 0.317. The van der Waals surface area contributed by atoms with Crippen molar-refractivity contribution in [2.75, 3.05) is 0 Å². The normalized spacial score (nSPS) is 11.9. The number of hydrogen-bond acceptors (Lipinski definition) is 0. The van der Waals surface area contributed by atoms with Gasteiger partial charge < -0.3 is 9.55 Å². The first kappa shape index (κ1) is 17.6.